The van der Waals surface area contributed by atoms with Gasteiger partial charge in [0, 0.05) is 11.6 Å². The largest absolute Gasteiger partial charge is 0.328 e. The van der Waals surface area contributed by atoms with Crippen molar-refractivity contribution < 1.29 is 4.52 Å². The number of hydrogen-bond acceptors (Lipinski definition) is 6. The Kier molecular flexibility index (Phi) is 3.86. The summed E-state index contributed by atoms with van der Waals surface area (Å²) in [4.78, 5) is 4.36. The van der Waals surface area contributed by atoms with Crippen molar-refractivity contribution in [2.24, 2.45) is 0 Å². The standard InChI is InChI=1S/C15H18N6O/c1-10(2)21-9-16-19-14(21)11(3)17-15-18-13(20-22-15)12-7-5-4-6-8-12/h4-11H,1-3H3,(H,17,18,20). The first-order chi connectivity index (χ1) is 10.6. The van der Waals surface area contributed by atoms with Crippen LogP contribution in [0.2, 0.25) is 0 Å². The van der Waals surface area contributed by atoms with Crippen molar-refractivity contribution in [3.63, 3.8) is 0 Å². The quantitative estimate of drug-likeness (QED) is 0.779. The Morgan fingerprint density at radius 1 is 1.14 bits per heavy atom. The molecule has 0 bridgehead atoms. The molecule has 0 radical (unpaired) electrons. The van der Waals surface area contributed by atoms with Gasteiger partial charge in [-0.3, -0.25) is 0 Å². The van der Waals surface area contributed by atoms with E-state index in [2.05, 4.69) is 39.5 Å². The third-order valence-corrected chi connectivity index (χ3v) is 3.34. The van der Waals surface area contributed by atoms with Crippen LogP contribution < -0.4 is 5.32 Å². The van der Waals surface area contributed by atoms with Gasteiger partial charge in [-0.15, -0.1) is 10.2 Å². The van der Waals surface area contributed by atoms with Crippen molar-refractivity contribution >= 4 is 6.01 Å². The first kappa shape index (κ1) is 14.2. The number of anilines is 1. The molecule has 3 rings (SSSR count). The Bertz CT molecular complexity index is 733. The molecule has 114 valence electrons. The molecule has 2 heterocycles. The minimum Gasteiger partial charge on any atom is -0.328 e. The molecule has 7 nitrogen and oxygen atoms in total. The summed E-state index contributed by atoms with van der Waals surface area (Å²) in [6, 6.07) is 10.3. The number of aromatic nitrogens is 5. The van der Waals surface area contributed by atoms with E-state index in [1.165, 1.54) is 0 Å². The minimum absolute atomic E-state index is 0.0889. The zero-order valence-electron chi connectivity index (χ0n) is 12.8. The van der Waals surface area contributed by atoms with Gasteiger partial charge < -0.3 is 14.4 Å². The van der Waals surface area contributed by atoms with Crippen molar-refractivity contribution in [2.45, 2.75) is 32.9 Å². The summed E-state index contributed by atoms with van der Waals surface area (Å²) in [6.07, 6.45) is 1.72. The van der Waals surface area contributed by atoms with Crippen molar-refractivity contribution in [1.82, 2.24) is 24.9 Å². The van der Waals surface area contributed by atoms with Crippen molar-refractivity contribution in [3.8, 4) is 11.4 Å². The zero-order chi connectivity index (χ0) is 15.5. The van der Waals surface area contributed by atoms with E-state index >= 15 is 0 Å². The van der Waals surface area contributed by atoms with Gasteiger partial charge in [-0.1, -0.05) is 35.5 Å². The summed E-state index contributed by atoms with van der Waals surface area (Å²) in [5, 5.41) is 15.3. The second-order valence-electron chi connectivity index (χ2n) is 5.35. The Morgan fingerprint density at radius 2 is 1.91 bits per heavy atom. The van der Waals surface area contributed by atoms with E-state index < -0.39 is 0 Å². The molecule has 0 aliphatic carbocycles. The number of hydrogen-bond donors (Lipinski definition) is 1. The third kappa shape index (κ3) is 2.83. The molecule has 1 unspecified atom stereocenters. The number of rotatable bonds is 5. The van der Waals surface area contributed by atoms with Gasteiger partial charge in [-0.2, -0.15) is 4.98 Å². The average molecular weight is 298 g/mol. The lowest BCUT2D eigenvalue weighted by atomic mass is 10.2. The summed E-state index contributed by atoms with van der Waals surface area (Å²) < 4.78 is 7.26. The van der Waals surface area contributed by atoms with Crippen LogP contribution in [0, 0.1) is 0 Å². The van der Waals surface area contributed by atoms with Crippen LogP contribution in [0.15, 0.2) is 41.2 Å². The normalized spacial score (nSPS) is 12.5. The smallest absolute Gasteiger partial charge is 0.322 e. The van der Waals surface area contributed by atoms with Gasteiger partial charge in [-0.05, 0) is 20.8 Å². The Morgan fingerprint density at radius 3 is 2.64 bits per heavy atom. The fourth-order valence-corrected chi connectivity index (χ4v) is 2.20. The van der Waals surface area contributed by atoms with Crippen LogP contribution in [0.1, 0.15) is 38.7 Å². The molecule has 2 aromatic heterocycles. The molecule has 0 saturated carbocycles. The van der Waals surface area contributed by atoms with Gasteiger partial charge in [0.2, 0.25) is 5.82 Å². The lowest BCUT2D eigenvalue weighted by molar-refractivity contribution is 0.426. The van der Waals surface area contributed by atoms with Crippen LogP contribution in [0.3, 0.4) is 0 Å². The highest BCUT2D eigenvalue weighted by molar-refractivity contribution is 5.54. The summed E-state index contributed by atoms with van der Waals surface area (Å²) >= 11 is 0. The van der Waals surface area contributed by atoms with E-state index in [0.29, 0.717) is 11.8 Å². The number of benzene rings is 1. The lowest BCUT2D eigenvalue weighted by Crippen LogP contribution is -2.15. The molecule has 0 amide bonds. The topological polar surface area (TPSA) is 81.7 Å². The highest BCUT2D eigenvalue weighted by atomic mass is 16.5. The van der Waals surface area contributed by atoms with Crippen LogP contribution in [0.4, 0.5) is 6.01 Å². The van der Waals surface area contributed by atoms with E-state index in [1.807, 2.05) is 41.8 Å². The predicted octanol–water partition coefficient (Wildman–Crippen LogP) is 3.08. The fraction of sp³-hybridized carbons (Fsp3) is 0.333. The maximum Gasteiger partial charge on any atom is 0.322 e. The van der Waals surface area contributed by atoms with Gasteiger partial charge >= 0.3 is 6.01 Å². The van der Waals surface area contributed by atoms with Crippen LogP contribution in [-0.4, -0.2) is 24.9 Å². The fourth-order valence-electron chi connectivity index (χ4n) is 2.20. The minimum atomic E-state index is -0.0889. The van der Waals surface area contributed by atoms with Crippen LogP contribution in [0.5, 0.6) is 0 Å². The molecule has 0 fully saturated rings. The second-order valence-corrected chi connectivity index (χ2v) is 5.35. The van der Waals surface area contributed by atoms with Crippen LogP contribution in [-0.2, 0) is 0 Å². The number of nitrogens with zero attached hydrogens (tertiary/aromatic N) is 5. The van der Waals surface area contributed by atoms with E-state index in [-0.39, 0.29) is 12.1 Å². The van der Waals surface area contributed by atoms with Gasteiger partial charge in [0.25, 0.3) is 0 Å². The summed E-state index contributed by atoms with van der Waals surface area (Å²) in [7, 11) is 0. The number of nitrogens with one attached hydrogen (secondary N) is 1. The molecule has 0 spiro atoms. The van der Waals surface area contributed by atoms with Crippen molar-refractivity contribution in [1.29, 1.82) is 0 Å². The molecule has 22 heavy (non-hydrogen) atoms. The van der Waals surface area contributed by atoms with Crippen molar-refractivity contribution in [2.75, 3.05) is 5.32 Å². The zero-order valence-corrected chi connectivity index (χ0v) is 12.8. The molecule has 0 aliphatic heterocycles. The summed E-state index contributed by atoms with van der Waals surface area (Å²) in [5.74, 6) is 1.38. The molecule has 1 atom stereocenters. The first-order valence-electron chi connectivity index (χ1n) is 7.20. The van der Waals surface area contributed by atoms with Crippen LogP contribution >= 0.6 is 0 Å². The molecule has 3 aromatic rings. The molecular formula is C15H18N6O. The lowest BCUT2D eigenvalue weighted by Gasteiger charge is -2.15. The highest BCUT2D eigenvalue weighted by Gasteiger charge is 2.17. The first-order valence-corrected chi connectivity index (χ1v) is 7.20. The molecule has 1 N–H and O–H groups in total. The Hall–Kier alpha value is -2.70. The summed E-state index contributed by atoms with van der Waals surface area (Å²) in [6.45, 7) is 6.15. The van der Waals surface area contributed by atoms with Crippen molar-refractivity contribution in [3.05, 3.63) is 42.5 Å². The molecule has 0 aliphatic rings. The maximum absolute atomic E-state index is 5.26. The monoisotopic (exact) mass is 298 g/mol. The highest BCUT2D eigenvalue weighted by Crippen LogP contribution is 2.21. The van der Waals surface area contributed by atoms with E-state index in [9.17, 15) is 0 Å². The Labute approximate surface area is 128 Å². The van der Waals surface area contributed by atoms with Gasteiger partial charge in [0.15, 0.2) is 5.82 Å². The average Bonchev–Trinajstić information content (AvgIpc) is 3.17. The molecular weight excluding hydrogens is 280 g/mol. The van der Waals surface area contributed by atoms with Gasteiger partial charge in [-0.25, -0.2) is 0 Å². The molecule has 0 saturated heterocycles. The van der Waals surface area contributed by atoms with E-state index in [4.69, 9.17) is 4.52 Å². The SMILES string of the molecule is CC(Nc1nc(-c2ccccc2)no1)c1nncn1C(C)C. The molecule has 7 heteroatoms. The molecule has 1 aromatic carbocycles. The third-order valence-electron chi connectivity index (χ3n) is 3.34. The van der Waals surface area contributed by atoms with Gasteiger partial charge in [0.1, 0.15) is 6.33 Å². The second kappa shape index (κ2) is 5.97. The maximum atomic E-state index is 5.26. The van der Waals surface area contributed by atoms with E-state index in [1.54, 1.807) is 6.33 Å². The van der Waals surface area contributed by atoms with E-state index in [0.717, 1.165) is 11.4 Å². The van der Waals surface area contributed by atoms with Crippen LogP contribution in [0.25, 0.3) is 11.4 Å². The predicted molar refractivity (Wildman–Crippen MR) is 82.2 cm³/mol. The van der Waals surface area contributed by atoms with Gasteiger partial charge in [0.05, 0.1) is 6.04 Å². The summed E-state index contributed by atoms with van der Waals surface area (Å²) in [5.41, 5.74) is 0.914. The Balaban J connectivity index is 1.76.